The summed E-state index contributed by atoms with van der Waals surface area (Å²) in [6.07, 6.45) is 1.79. The van der Waals surface area contributed by atoms with Crippen molar-refractivity contribution in [1.82, 2.24) is 9.80 Å². The first kappa shape index (κ1) is 12.1. The smallest absolute Gasteiger partial charge is 0.236 e. The van der Waals surface area contributed by atoms with E-state index in [1.165, 1.54) is 4.90 Å². The summed E-state index contributed by atoms with van der Waals surface area (Å²) in [7, 11) is 3.89. The van der Waals surface area contributed by atoms with E-state index in [1.807, 2.05) is 25.9 Å². The third kappa shape index (κ3) is 1.47. The van der Waals surface area contributed by atoms with Crippen LogP contribution in [0.4, 0.5) is 0 Å². The summed E-state index contributed by atoms with van der Waals surface area (Å²) in [5.41, 5.74) is -0.394. The van der Waals surface area contributed by atoms with Gasteiger partial charge in [0.15, 0.2) is 0 Å². The van der Waals surface area contributed by atoms with Crippen LogP contribution < -0.4 is 0 Å². The molecule has 0 saturated carbocycles. The Morgan fingerprint density at radius 3 is 2.72 bits per heavy atom. The van der Waals surface area contributed by atoms with Crippen LogP contribution in [-0.4, -0.2) is 60.5 Å². The summed E-state index contributed by atoms with van der Waals surface area (Å²) in [6, 6.07) is 0. The summed E-state index contributed by atoms with van der Waals surface area (Å²) < 4.78 is 5.86. The van der Waals surface area contributed by atoms with Gasteiger partial charge in [-0.1, -0.05) is 0 Å². The molecule has 0 unspecified atom stereocenters. The molecular weight excluding hydrogens is 232 g/mol. The predicted octanol–water partition coefficient (Wildman–Crippen LogP) is 0.100. The molecule has 18 heavy (non-hydrogen) atoms. The number of imide groups is 1. The summed E-state index contributed by atoms with van der Waals surface area (Å²) in [4.78, 5) is 28.2. The van der Waals surface area contributed by atoms with E-state index in [4.69, 9.17) is 4.74 Å². The molecule has 100 valence electrons. The van der Waals surface area contributed by atoms with Crippen molar-refractivity contribution in [3.8, 4) is 0 Å². The van der Waals surface area contributed by atoms with Gasteiger partial charge < -0.3 is 9.64 Å². The second kappa shape index (κ2) is 3.78. The van der Waals surface area contributed by atoms with Crippen LogP contribution in [0.5, 0.6) is 0 Å². The summed E-state index contributed by atoms with van der Waals surface area (Å²) in [6.45, 7) is 3.21. The topological polar surface area (TPSA) is 49.9 Å². The average molecular weight is 252 g/mol. The SMILES string of the molecule is CN(C)CCN1C(=O)[C@@H]2[C@@H]3CC[C@@](C)(O3)[C@H]2C1=O. The Labute approximate surface area is 107 Å². The minimum atomic E-state index is -0.394. The van der Waals surface area contributed by atoms with Crippen LogP contribution in [0.2, 0.25) is 0 Å². The molecule has 3 aliphatic rings. The van der Waals surface area contributed by atoms with E-state index in [0.717, 1.165) is 19.4 Å². The number of likely N-dealkylation sites (tertiary alicyclic amines) is 1. The first-order valence-corrected chi connectivity index (χ1v) is 6.62. The van der Waals surface area contributed by atoms with Crippen LogP contribution in [-0.2, 0) is 14.3 Å². The fourth-order valence-electron chi connectivity index (χ4n) is 3.66. The standard InChI is InChI=1S/C13H20N2O3/c1-13-5-4-8(18-13)9-10(13)12(17)15(11(9)16)7-6-14(2)3/h8-10H,4-7H2,1-3H3/t8-,9+,10+,13+/m0/s1. The lowest BCUT2D eigenvalue weighted by molar-refractivity contribution is -0.144. The number of hydrogen-bond donors (Lipinski definition) is 0. The van der Waals surface area contributed by atoms with Crippen LogP contribution in [0.1, 0.15) is 19.8 Å². The normalized spacial score (nSPS) is 42.2. The number of nitrogens with zero attached hydrogens (tertiary/aromatic N) is 2. The van der Waals surface area contributed by atoms with Crippen molar-refractivity contribution in [2.45, 2.75) is 31.5 Å². The number of carbonyl (C=O) groups excluding carboxylic acids is 2. The second-order valence-electron chi connectivity index (χ2n) is 6.14. The Balaban J connectivity index is 1.82. The van der Waals surface area contributed by atoms with Gasteiger partial charge in [-0.25, -0.2) is 0 Å². The van der Waals surface area contributed by atoms with E-state index >= 15 is 0 Å². The lowest BCUT2D eigenvalue weighted by Gasteiger charge is -2.26. The van der Waals surface area contributed by atoms with Crippen molar-refractivity contribution in [2.75, 3.05) is 27.2 Å². The molecule has 2 bridgehead atoms. The number of fused-ring (bicyclic) bond motifs is 5. The zero-order valence-electron chi connectivity index (χ0n) is 11.2. The molecule has 3 aliphatic heterocycles. The van der Waals surface area contributed by atoms with Gasteiger partial charge in [0.1, 0.15) is 0 Å². The lowest BCUT2D eigenvalue weighted by Crippen LogP contribution is -2.41. The minimum absolute atomic E-state index is 0.0136. The van der Waals surface area contributed by atoms with Crippen LogP contribution >= 0.6 is 0 Å². The maximum absolute atomic E-state index is 12.4. The molecule has 3 rings (SSSR count). The Morgan fingerprint density at radius 2 is 2.11 bits per heavy atom. The molecule has 5 nitrogen and oxygen atoms in total. The highest BCUT2D eigenvalue weighted by Gasteiger charge is 2.67. The highest BCUT2D eigenvalue weighted by Crippen LogP contribution is 2.54. The highest BCUT2D eigenvalue weighted by molar-refractivity contribution is 6.06. The first-order valence-electron chi connectivity index (χ1n) is 6.62. The van der Waals surface area contributed by atoms with E-state index in [0.29, 0.717) is 6.54 Å². The number of likely N-dealkylation sites (N-methyl/N-ethyl adjacent to an activating group) is 1. The molecule has 0 aromatic rings. The number of hydrogen-bond acceptors (Lipinski definition) is 4. The number of rotatable bonds is 3. The zero-order chi connectivity index (χ0) is 13.1. The molecule has 0 spiro atoms. The number of amides is 2. The average Bonchev–Trinajstić information content (AvgIpc) is 2.87. The molecule has 0 aromatic heterocycles. The molecule has 0 aromatic carbocycles. The Kier molecular flexibility index (Phi) is 2.54. The van der Waals surface area contributed by atoms with Crippen LogP contribution in [0.15, 0.2) is 0 Å². The summed E-state index contributed by atoms with van der Waals surface area (Å²) >= 11 is 0. The van der Waals surface area contributed by atoms with E-state index in [9.17, 15) is 9.59 Å². The lowest BCUT2D eigenvalue weighted by atomic mass is 9.74. The van der Waals surface area contributed by atoms with E-state index in [1.54, 1.807) is 0 Å². The molecule has 2 amide bonds. The van der Waals surface area contributed by atoms with Crippen molar-refractivity contribution < 1.29 is 14.3 Å². The van der Waals surface area contributed by atoms with E-state index in [2.05, 4.69) is 0 Å². The maximum Gasteiger partial charge on any atom is 0.236 e. The van der Waals surface area contributed by atoms with Crippen LogP contribution in [0.3, 0.4) is 0 Å². The molecule has 3 heterocycles. The van der Waals surface area contributed by atoms with Gasteiger partial charge in [0.05, 0.1) is 23.5 Å². The van der Waals surface area contributed by atoms with Crippen LogP contribution in [0, 0.1) is 11.8 Å². The van der Waals surface area contributed by atoms with Gasteiger partial charge in [-0.2, -0.15) is 0 Å². The third-order valence-electron chi connectivity index (χ3n) is 4.62. The van der Waals surface area contributed by atoms with E-state index < -0.39 is 5.60 Å². The molecule has 3 saturated heterocycles. The summed E-state index contributed by atoms with van der Waals surface area (Å²) in [5.74, 6) is -0.471. The van der Waals surface area contributed by atoms with Gasteiger partial charge in [0.25, 0.3) is 0 Å². The van der Waals surface area contributed by atoms with Gasteiger partial charge in [0.2, 0.25) is 11.8 Å². The molecule has 0 radical (unpaired) electrons. The van der Waals surface area contributed by atoms with Gasteiger partial charge >= 0.3 is 0 Å². The Hall–Kier alpha value is -0.940. The van der Waals surface area contributed by atoms with Crippen molar-refractivity contribution >= 4 is 11.8 Å². The van der Waals surface area contributed by atoms with Gasteiger partial charge in [-0.15, -0.1) is 0 Å². The number of carbonyl (C=O) groups is 2. The molecular formula is C13H20N2O3. The molecule has 0 N–H and O–H groups in total. The molecule has 3 fully saturated rings. The minimum Gasteiger partial charge on any atom is -0.370 e. The van der Waals surface area contributed by atoms with Crippen molar-refractivity contribution in [3.63, 3.8) is 0 Å². The number of ether oxygens (including phenoxy) is 1. The molecule has 0 aliphatic carbocycles. The van der Waals surface area contributed by atoms with Crippen molar-refractivity contribution in [2.24, 2.45) is 11.8 Å². The first-order chi connectivity index (χ1) is 8.44. The molecule has 5 heteroatoms. The van der Waals surface area contributed by atoms with E-state index in [-0.39, 0.29) is 29.8 Å². The quantitative estimate of drug-likeness (QED) is 0.669. The zero-order valence-corrected chi connectivity index (χ0v) is 11.2. The third-order valence-corrected chi connectivity index (χ3v) is 4.62. The van der Waals surface area contributed by atoms with Crippen LogP contribution in [0.25, 0.3) is 0 Å². The summed E-state index contributed by atoms with van der Waals surface area (Å²) in [5, 5.41) is 0. The van der Waals surface area contributed by atoms with Crippen molar-refractivity contribution in [3.05, 3.63) is 0 Å². The monoisotopic (exact) mass is 252 g/mol. The fraction of sp³-hybridized carbons (Fsp3) is 0.846. The van der Waals surface area contributed by atoms with Gasteiger partial charge in [-0.3, -0.25) is 14.5 Å². The highest BCUT2D eigenvalue weighted by atomic mass is 16.5. The fourth-order valence-corrected chi connectivity index (χ4v) is 3.66. The van der Waals surface area contributed by atoms with Gasteiger partial charge in [0, 0.05) is 13.1 Å². The Morgan fingerprint density at radius 1 is 1.39 bits per heavy atom. The molecule has 4 atom stereocenters. The van der Waals surface area contributed by atoms with Crippen molar-refractivity contribution in [1.29, 1.82) is 0 Å². The predicted molar refractivity (Wildman–Crippen MR) is 64.8 cm³/mol. The maximum atomic E-state index is 12.4. The second-order valence-corrected chi connectivity index (χ2v) is 6.14. The Bertz CT molecular complexity index is 409. The largest absolute Gasteiger partial charge is 0.370 e. The van der Waals surface area contributed by atoms with Gasteiger partial charge in [-0.05, 0) is 33.9 Å².